The van der Waals surface area contributed by atoms with E-state index < -0.39 is 0 Å². The number of aromatic nitrogens is 1. The van der Waals surface area contributed by atoms with E-state index in [0.717, 1.165) is 61.4 Å². The Balaban J connectivity index is 1.64. The van der Waals surface area contributed by atoms with Gasteiger partial charge in [-0.3, -0.25) is 9.78 Å². The highest BCUT2D eigenvalue weighted by atomic mass is 19.1. The molecule has 0 radical (unpaired) electrons. The molecule has 0 bridgehead atoms. The van der Waals surface area contributed by atoms with Gasteiger partial charge in [-0.2, -0.15) is 0 Å². The average molecular weight is 341 g/mol. The van der Waals surface area contributed by atoms with Gasteiger partial charge in [0, 0.05) is 32.3 Å². The predicted molar refractivity (Wildman–Crippen MR) is 97.1 cm³/mol. The van der Waals surface area contributed by atoms with Gasteiger partial charge in [-0.05, 0) is 48.6 Å². The number of likely N-dealkylation sites (tertiary alicyclic amines) is 1. The largest absolute Gasteiger partial charge is 0.382 e. The molecule has 1 aliphatic heterocycles. The molecule has 0 spiro atoms. The molecule has 132 valence electrons. The number of pyridine rings is 1. The summed E-state index contributed by atoms with van der Waals surface area (Å²) in [7, 11) is 0. The molecule has 25 heavy (non-hydrogen) atoms. The Bertz CT molecular complexity index is 730. The lowest BCUT2D eigenvalue weighted by Crippen LogP contribution is -2.30. The van der Waals surface area contributed by atoms with Gasteiger partial charge >= 0.3 is 0 Å². The summed E-state index contributed by atoms with van der Waals surface area (Å²) in [5, 5.41) is 3.43. The Hall–Kier alpha value is -2.43. The number of anilines is 1. The standard InChI is InChI=1S/C20H24FN3O/c1-2-18-19(22-9-11-24-10-3-4-20(24)25)13-16(14-23-18)12-15-5-7-17(21)8-6-15/h5-8,13-14,22H,2-4,9-12H2,1H3. The Morgan fingerprint density at radius 1 is 1.24 bits per heavy atom. The highest BCUT2D eigenvalue weighted by Crippen LogP contribution is 2.19. The number of aryl methyl sites for hydroxylation is 1. The van der Waals surface area contributed by atoms with Gasteiger partial charge < -0.3 is 10.2 Å². The van der Waals surface area contributed by atoms with E-state index in [9.17, 15) is 9.18 Å². The molecular weight excluding hydrogens is 317 g/mol. The van der Waals surface area contributed by atoms with Crippen molar-refractivity contribution in [1.29, 1.82) is 0 Å². The number of carbonyl (C=O) groups is 1. The molecule has 3 rings (SSSR count). The second kappa shape index (κ2) is 8.10. The first-order valence-corrected chi connectivity index (χ1v) is 8.89. The van der Waals surface area contributed by atoms with Crippen molar-refractivity contribution in [2.24, 2.45) is 0 Å². The highest BCUT2D eigenvalue weighted by molar-refractivity contribution is 5.78. The fourth-order valence-corrected chi connectivity index (χ4v) is 3.17. The van der Waals surface area contributed by atoms with Crippen molar-refractivity contribution in [3.05, 3.63) is 59.2 Å². The number of amides is 1. The van der Waals surface area contributed by atoms with Crippen LogP contribution < -0.4 is 5.32 Å². The fourth-order valence-electron chi connectivity index (χ4n) is 3.17. The summed E-state index contributed by atoms with van der Waals surface area (Å²) in [5.74, 6) is 0.0303. The average Bonchev–Trinajstić information content (AvgIpc) is 3.02. The molecule has 2 heterocycles. The summed E-state index contributed by atoms with van der Waals surface area (Å²) in [4.78, 5) is 18.2. The number of carbonyl (C=O) groups excluding carboxylic acids is 1. The summed E-state index contributed by atoms with van der Waals surface area (Å²) in [6.45, 7) is 4.39. The number of hydrogen-bond donors (Lipinski definition) is 1. The quantitative estimate of drug-likeness (QED) is 0.839. The first-order chi connectivity index (χ1) is 12.2. The maximum absolute atomic E-state index is 13.0. The minimum absolute atomic E-state index is 0.220. The van der Waals surface area contributed by atoms with Crippen LogP contribution in [0.3, 0.4) is 0 Å². The van der Waals surface area contributed by atoms with Crippen LogP contribution in [0.2, 0.25) is 0 Å². The van der Waals surface area contributed by atoms with Crippen LogP contribution in [0.15, 0.2) is 36.5 Å². The number of hydrogen-bond acceptors (Lipinski definition) is 3. The van der Waals surface area contributed by atoms with Gasteiger partial charge in [-0.1, -0.05) is 19.1 Å². The van der Waals surface area contributed by atoms with Crippen LogP contribution in [0.25, 0.3) is 0 Å². The number of nitrogens with one attached hydrogen (secondary N) is 1. The van der Waals surface area contributed by atoms with E-state index in [1.54, 1.807) is 12.1 Å². The highest BCUT2D eigenvalue weighted by Gasteiger charge is 2.19. The lowest BCUT2D eigenvalue weighted by molar-refractivity contribution is -0.127. The normalized spacial score (nSPS) is 14.2. The van der Waals surface area contributed by atoms with Gasteiger partial charge in [0.05, 0.1) is 11.4 Å². The van der Waals surface area contributed by atoms with Crippen LogP contribution in [0, 0.1) is 5.82 Å². The summed E-state index contributed by atoms with van der Waals surface area (Å²) < 4.78 is 13.0. The van der Waals surface area contributed by atoms with Crippen LogP contribution in [-0.2, 0) is 17.6 Å². The first kappa shape index (κ1) is 17.4. The lowest BCUT2D eigenvalue weighted by atomic mass is 10.1. The Kier molecular flexibility index (Phi) is 5.64. The van der Waals surface area contributed by atoms with E-state index in [2.05, 4.69) is 23.3 Å². The van der Waals surface area contributed by atoms with Crippen molar-refractivity contribution in [3.63, 3.8) is 0 Å². The molecule has 0 unspecified atom stereocenters. The number of halogens is 1. The third-order valence-corrected chi connectivity index (χ3v) is 4.55. The minimum Gasteiger partial charge on any atom is -0.382 e. The van der Waals surface area contributed by atoms with E-state index in [4.69, 9.17) is 0 Å². The minimum atomic E-state index is -0.220. The zero-order valence-electron chi connectivity index (χ0n) is 14.6. The monoisotopic (exact) mass is 341 g/mol. The van der Waals surface area contributed by atoms with Gasteiger partial charge in [0.15, 0.2) is 0 Å². The van der Waals surface area contributed by atoms with E-state index in [1.165, 1.54) is 12.1 Å². The third kappa shape index (κ3) is 4.56. The maximum Gasteiger partial charge on any atom is 0.222 e. The molecule has 0 aliphatic carbocycles. The molecule has 1 aliphatic rings. The molecule has 1 saturated heterocycles. The Labute approximate surface area is 148 Å². The molecule has 4 nitrogen and oxygen atoms in total. The van der Waals surface area contributed by atoms with Gasteiger partial charge in [-0.15, -0.1) is 0 Å². The van der Waals surface area contributed by atoms with Crippen LogP contribution in [0.5, 0.6) is 0 Å². The van der Waals surface area contributed by atoms with Gasteiger partial charge in [0.25, 0.3) is 0 Å². The third-order valence-electron chi connectivity index (χ3n) is 4.55. The number of rotatable bonds is 7. The molecule has 1 amide bonds. The van der Waals surface area contributed by atoms with Gasteiger partial charge in [0.1, 0.15) is 5.82 Å². The van der Waals surface area contributed by atoms with Crippen molar-refractivity contribution >= 4 is 11.6 Å². The second-order valence-electron chi connectivity index (χ2n) is 6.41. The predicted octanol–water partition coefficient (Wildman–Crippen LogP) is 3.41. The molecule has 1 N–H and O–H groups in total. The summed E-state index contributed by atoms with van der Waals surface area (Å²) in [6, 6.07) is 8.68. The van der Waals surface area contributed by atoms with Crippen LogP contribution in [0.4, 0.5) is 10.1 Å². The van der Waals surface area contributed by atoms with E-state index in [0.29, 0.717) is 6.42 Å². The topological polar surface area (TPSA) is 45.2 Å². The van der Waals surface area contributed by atoms with Crippen molar-refractivity contribution in [1.82, 2.24) is 9.88 Å². The van der Waals surface area contributed by atoms with E-state index in [-0.39, 0.29) is 11.7 Å². The van der Waals surface area contributed by atoms with Crippen molar-refractivity contribution < 1.29 is 9.18 Å². The van der Waals surface area contributed by atoms with Gasteiger partial charge in [0.2, 0.25) is 5.91 Å². The molecule has 5 heteroatoms. The summed E-state index contributed by atoms with van der Waals surface area (Å²) in [6.07, 6.45) is 5.10. The molecule has 0 saturated carbocycles. The molecule has 0 atom stereocenters. The second-order valence-corrected chi connectivity index (χ2v) is 6.41. The number of nitrogens with zero attached hydrogens (tertiary/aromatic N) is 2. The molecular formula is C20H24FN3O. The molecule has 2 aromatic rings. The van der Waals surface area contributed by atoms with Crippen molar-refractivity contribution in [2.45, 2.75) is 32.6 Å². The summed E-state index contributed by atoms with van der Waals surface area (Å²) >= 11 is 0. The molecule has 1 aromatic carbocycles. The zero-order chi connectivity index (χ0) is 17.6. The fraction of sp³-hybridized carbons (Fsp3) is 0.400. The Morgan fingerprint density at radius 2 is 2.04 bits per heavy atom. The summed E-state index contributed by atoms with van der Waals surface area (Å²) in [5.41, 5.74) is 4.19. The van der Waals surface area contributed by atoms with E-state index in [1.807, 2.05) is 11.1 Å². The Morgan fingerprint density at radius 3 is 2.72 bits per heavy atom. The lowest BCUT2D eigenvalue weighted by Gasteiger charge is -2.17. The first-order valence-electron chi connectivity index (χ1n) is 8.89. The zero-order valence-corrected chi connectivity index (χ0v) is 14.6. The van der Waals surface area contributed by atoms with Crippen LogP contribution in [-0.4, -0.2) is 35.4 Å². The maximum atomic E-state index is 13.0. The van der Waals surface area contributed by atoms with Crippen LogP contribution >= 0.6 is 0 Å². The van der Waals surface area contributed by atoms with E-state index >= 15 is 0 Å². The number of benzene rings is 1. The van der Waals surface area contributed by atoms with Crippen molar-refractivity contribution in [2.75, 3.05) is 25.0 Å². The van der Waals surface area contributed by atoms with Gasteiger partial charge in [-0.25, -0.2) is 4.39 Å². The smallest absolute Gasteiger partial charge is 0.222 e. The van der Waals surface area contributed by atoms with Crippen molar-refractivity contribution in [3.8, 4) is 0 Å². The SMILES string of the molecule is CCc1ncc(Cc2ccc(F)cc2)cc1NCCN1CCCC1=O. The molecule has 1 fully saturated rings. The molecule has 1 aromatic heterocycles. The van der Waals surface area contributed by atoms with Crippen LogP contribution in [0.1, 0.15) is 36.6 Å².